The maximum absolute atomic E-state index is 13.2. The molecule has 0 saturated carbocycles. The van der Waals surface area contributed by atoms with E-state index in [2.05, 4.69) is 36.9 Å². The SMILES string of the molecule is Cc1ccc([C@H]2Nn3c(C)nnc3S[C@H]2C(=O)Nc2ccc(Br)cc2Cl)cc1. The minimum atomic E-state index is -0.446. The van der Waals surface area contributed by atoms with Crippen LogP contribution >= 0.6 is 39.3 Å². The lowest BCUT2D eigenvalue weighted by atomic mass is 10.0. The molecule has 3 aromatic rings. The topological polar surface area (TPSA) is 71.8 Å². The number of aryl methyl sites for hydroxylation is 2. The first-order valence-electron chi connectivity index (χ1n) is 8.60. The van der Waals surface area contributed by atoms with Gasteiger partial charge in [0.1, 0.15) is 11.1 Å². The van der Waals surface area contributed by atoms with Crippen molar-refractivity contribution in [3.63, 3.8) is 0 Å². The number of fused-ring (bicyclic) bond motifs is 1. The molecular weight excluding hydrogens is 462 g/mol. The third-order valence-electron chi connectivity index (χ3n) is 4.48. The van der Waals surface area contributed by atoms with Crippen LogP contribution in [0.15, 0.2) is 52.1 Å². The number of carbonyl (C=O) groups is 1. The number of aromatic nitrogens is 3. The van der Waals surface area contributed by atoms with Crippen molar-refractivity contribution < 1.29 is 4.79 Å². The number of nitrogens with one attached hydrogen (secondary N) is 2. The van der Waals surface area contributed by atoms with Crippen molar-refractivity contribution in [3.8, 4) is 0 Å². The van der Waals surface area contributed by atoms with Crippen LogP contribution in [0, 0.1) is 13.8 Å². The molecule has 0 unspecified atom stereocenters. The fraction of sp³-hybridized carbons (Fsp3) is 0.211. The highest BCUT2D eigenvalue weighted by Crippen LogP contribution is 2.38. The Morgan fingerprint density at radius 1 is 1.21 bits per heavy atom. The van der Waals surface area contributed by atoms with Gasteiger partial charge in [-0.3, -0.25) is 4.79 Å². The van der Waals surface area contributed by atoms with Gasteiger partial charge in [-0.1, -0.05) is 69.1 Å². The zero-order valence-corrected chi connectivity index (χ0v) is 18.3. The lowest BCUT2D eigenvalue weighted by Gasteiger charge is -2.32. The van der Waals surface area contributed by atoms with Crippen LogP contribution in [0.4, 0.5) is 5.69 Å². The molecule has 0 aliphatic carbocycles. The molecule has 1 aliphatic heterocycles. The van der Waals surface area contributed by atoms with Crippen LogP contribution < -0.4 is 10.7 Å². The van der Waals surface area contributed by atoms with Crippen LogP contribution in [-0.2, 0) is 4.79 Å². The second-order valence-corrected chi connectivity index (χ2v) is 8.97. The average molecular weight is 479 g/mol. The average Bonchev–Trinajstić information content (AvgIpc) is 3.04. The number of nitrogens with zero attached hydrogens (tertiary/aromatic N) is 3. The molecule has 0 saturated heterocycles. The summed E-state index contributed by atoms with van der Waals surface area (Å²) in [5, 5.41) is 11.9. The van der Waals surface area contributed by atoms with Gasteiger partial charge >= 0.3 is 0 Å². The van der Waals surface area contributed by atoms with Crippen LogP contribution in [0.1, 0.15) is 23.0 Å². The monoisotopic (exact) mass is 477 g/mol. The van der Waals surface area contributed by atoms with Gasteiger partial charge in [-0.05, 0) is 37.6 Å². The molecule has 1 aromatic heterocycles. The van der Waals surface area contributed by atoms with E-state index in [1.54, 1.807) is 12.1 Å². The number of amides is 1. The zero-order valence-electron chi connectivity index (χ0n) is 15.1. The number of benzene rings is 2. The summed E-state index contributed by atoms with van der Waals surface area (Å²) < 4.78 is 2.68. The number of halogens is 2. The Hall–Kier alpha value is -2.03. The van der Waals surface area contributed by atoms with Crippen molar-refractivity contribution in [1.82, 2.24) is 14.9 Å². The van der Waals surface area contributed by atoms with E-state index in [0.29, 0.717) is 15.9 Å². The molecule has 6 nitrogen and oxygen atoms in total. The molecule has 9 heteroatoms. The highest BCUT2D eigenvalue weighted by Gasteiger charge is 2.37. The summed E-state index contributed by atoms with van der Waals surface area (Å²) in [7, 11) is 0. The number of carbonyl (C=O) groups excluding carboxylic acids is 1. The van der Waals surface area contributed by atoms with E-state index >= 15 is 0 Å². The number of hydrogen-bond acceptors (Lipinski definition) is 5. The summed E-state index contributed by atoms with van der Waals surface area (Å²) in [6.45, 7) is 3.91. The van der Waals surface area contributed by atoms with Gasteiger partial charge in [-0.2, -0.15) is 0 Å². The van der Waals surface area contributed by atoms with E-state index in [9.17, 15) is 4.79 Å². The summed E-state index contributed by atoms with van der Waals surface area (Å²) in [5.74, 6) is 0.591. The predicted octanol–water partition coefficient (Wildman–Crippen LogP) is 4.71. The maximum Gasteiger partial charge on any atom is 0.240 e. The van der Waals surface area contributed by atoms with Crippen molar-refractivity contribution in [2.45, 2.75) is 30.3 Å². The van der Waals surface area contributed by atoms with Crippen LogP contribution in [0.3, 0.4) is 0 Å². The van der Waals surface area contributed by atoms with Crippen LogP contribution in [0.5, 0.6) is 0 Å². The van der Waals surface area contributed by atoms with E-state index in [-0.39, 0.29) is 11.9 Å². The Morgan fingerprint density at radius 3 is 2.68 bits per heavy atom. The molecule has 4 rings (SSSR count). The van der Waals surface area contributed by atoms with E-state index in [1.807, 2.05) is 48.9 Å². The lowest BCUT2D eigenvalue weighted by molar-refractivity contribution is -0.116. The van der Waals surface area contributed by atoms with Crippen LogP contribution in [0.25, 0.3) is 0 Å². The third-order valence-corrected chi connectivity index (χ3v) is 6.50. The molecule has 1 amide bonds. The predicted molar refractivity (Wildman–Crippen MR) is 115 cm³/mol. The van der Waals surface area contributed by atoms with Crippen molar-refractivity contribution in [3.05, 3.63) is 68.9 Å². The van der Waals surface area contributed by atoms with Gasteiger partial charge in [0.25, 0.3) is 0 Å². The largest absolute Gasteiger partial charge is 0.324 e. The van der Waals surface area contributed by atoms with Gasteiger partial charge in [-0.15, -0.1) is 10.2 Å². The smallest absolute Gasteiger partial charge is 0.240 e. The molecule has 28 heavy (non-hydrogen) atoms. The molecule has 0 spiro atoms. The normalized spacial score (nSPS) is 18.3. The van der Waals surface area contributed by atoms with Gasteiger partial charge in [0.2, 0.25) is 11.1 Å². The fourth-order valence-electron chi connectivity index (χ4n) is 2.98. The lowest BCUT2D eigenvalue weighted by Crippen LogP contribution is -2.41. The molecule has 1 aliphatic rings. The van der Waals surface area contributed by atoms with E-state index in [4.69, 9.17) is 11.6 Å². The van der Waals surface area contributed by atoms with Gasteiger partial charge < -0.3 is 10.7 Å². The van der Waals surface area contributed by atoms with Crippen molar-refractivity contribution in [2.24, 2.45) is 0 Å². The summed E-state index contributed by atoms with van der Waals surface area (Å²) in [6.07, 6.45) is 0. The first-order valence-corrected chi connectivity index (χ1v) is 10.6. The Kier molecular flexibility index (Phi) is 5.35. The maximum atomic E-state index is 13.2. The number of rotatable bonds is 3. The van der Waals surface area contributed by atoms with Crippen LogP contribution in [-0.4, -0.2) is 26.0 Å². The number of anilines is 1. The summed E-state index contributed by atoms with van der Waals surface area (Å²) in [5.41, 5.74) is 6.14. The number of thioether (sulfide) groups is 1. The second-order valence-electron chi connectivity index (χ2n) is 6.53. The standard InChI is InChI=1S/C19H17BrClN5OS/c1-10-3-5-12(6-4-10)16-17(28-19-24-23-11(2)26(19)25-16)18(27)22-15-8-7-13(20)9-14(15)21/h3-9,16-17,25H,1-2H3,(H,22,27)/t16-,17-/m1/s1. The molecule has 2 atom stereocenters. The molecule has 2 heterocycles. The molecule has 2 N–H and O–H groups in total. The first kappa shape index (κ1) is 19.3. The van der Waals surface area contributed by atoms with Crippen molar-refractivity contribution >= 4 is 50.9 Å². The molecule has 2 aromatic carbocycles. The molecule has 0 bridgehead atoms. The molecule has 0 fully saturated rings. The molecule has 144 valence electrons. The molecule has 0 radical (unpaired) electrons. The minimum absolute atomic E-state index is 0.154. The summed E-state index contributed by atoms with van der Waals surface area (Å²) >= 11 is 11.0. The van der Waals surface area contributed by atoms with E-state index < -0.39 is 5.25 Å². The zero-order chi connectivity index (χ0) is 19.8. The quantitative estimate of drug-likeness (QED) is 0.570. The molecular formula is C19H17BrClN5OS. The van der Waals surface area contributed by atoms with E-state index in [1.165, 1.54) is 11.8 Å². The highest BCUT2D eigenvalue weighted by molar-refractivity contribution is 9.10. The van der Waals surface area contributed by atoms with Gasteiger partial charge in [0.05, 0.1) is 16.8 Å². The minimum Gasteiger partial charge on any atom is -0.324 e. The third kappa shape index (κ3) is 3.76. The first-order chi connectivity index (χ1) is 13.4. The summed E-state index contributed by atoms with van der Waals surface area (Å²) in [4.78, 5) is 13.2. The Bertz CT molecular complexity index is 1040. The van der Waals surface area contributed by atoms with Crippen molar-refractivity contribution in [1.29, 1.82) is 0 Å². The van der Waals surface area contributed by atoms with Gasteiger partial charge in [0.15, 0.2) is 0 Å². The number of hydrogen-bond donors (Lipinski definition) is 2. The van der Waals surface area contributed by atoms with Crippen LogP contribution in [0.2, 0.25) is 5.02 Å². The second kappa shape index (κ2) is 7.77. The fourth-order valence-corrected chi connectivity index (χ4v) is 4.83. The van der Waals surface area contributed by atoms with Gasteiger partial charge in [0, 0.05) is 4.47 Å². The summed E-state index contributed by atoms with van der Waals surface area (Å²) in [6, 6.07) is 13.3. The Morgan fingerprint density at radius 2 is 1.96 bits per heavy atom. The van der Waals surface area contributed by atoms with Crippen molar-refractivity contribution in [2.75, 3.05) is 10.7 Å². The highest BCUT2D eigenvalue weighted by atomic mass is 79.9. The van der Waals surface area contributed by atoms with E-state index in [0.717, 1.165) is 21.4 Å². The Balaban J connectivity index is 1.67. The van der Waals surface area contributed by atoms with Gasteiger partial charge in [-0.25, -0.2) is 4.68 Å². The Labute approximate surface area is 180 Å².